The Morgan fingerprint density at radius 2 is 1.70 bits per heavy atom. The fraction of sp³-hybridized carbons (Fsp3) is 0.130. The standard InChI is InChI=1S/C23H16ClNO2/c1-13-5-4-8-18-19(13)21-20(22(18)26)16-6-2-3-7-17(16)23(27)25(21)15-11-9-14(24)10-12-15/h2-4,6-13H,5H2,1H3. The molecular formula is C23H16ClNO2. The predicted octanol–water partition coefficient (Wildman–Crippen LogP) is 5.19. The largest absolute Gasteiger partial charge is 0.288 e. The van der Waals surface area contributed by atoms with E-state index in [1.54, 1.807) is 22.8 Å². The molecule has 0 amide bonds. The van der Waals surface area contributed by atoms with Crippen LogP contribution in [0.3, 0.4) is 0 Å². The number of nitrogens with zero attached hydrogens (tertiary/aromatic N) is 1. The summed E-state index contributed by atoms with van der Waals surface area (Å²) in [5.74, 6) is 0.177. The zero-order valence-corrected chi connectivity index (χ0v) is 15.5. The number of halogens is 1. The Morgan fingerprint density at radius 1 is 1.00 bits per heavy atom. The van der Waals surface area contributed by atoms with Crippen molar-refractivity contribution in [3.63, 3.8) is 0 Å². The second-order valence-corrected chi connectivity index (χ2v) is 7.52. The van der Waals surface area contributed by atoms with Gasteiger partial charge >= 0.3 is 0 Å². The third kappa shape index (κ3) is 2.22. The molecular weight excluding hydrogens is 358 g/mol. The fourth-order valence-corrected chi connectivity index (χ4v) is 4.35. The molecule has 1 aromatic heterocycles. The van der Waals surface area contributed by atoms with Gasteiger partial charge in [-0.15, -0.1) is 0 Å². The Labute approximate surface area is 161 Å². The molecule has 4 heteroatoms. The molecule has 0 aliphatic heterocycles. The third-order valence-electron chi connectivity index (χ3n) is 5.46. The van der Waals surface area contributed by atoms with E-state index < -0.39 is 0 Å². The Morgan fingerprint density at radius 3 is 2.44 bits per heavy atom. The van der Waals surface area contributed by atoms with Crippen LogP contribution in [0, 0.1) is 5.92 Å². The summed E-state index contributed by atoms with van der Waals surface area (Å²) in [6.07, 6.45) is 4.80. The van der Waals surface area contributed by atoms with Gasteiger partial charge in [0.25, 0.3) is 5.56 Å². The third-order valence-corrected chi connectivity index (χ3v) is 5.71. The van der Waals surface area contributed by atoms with E-state index >= 15 is 0 Å². The normalized spacial score (nSPS) is 18.1. The maximum absolute atomic E-state index is 13.4. The van der Waals surface area contributed by atoms with Crippen LogP contribution in [0.5, 0.6) is 0 Å². The maximum Gasteiger partial charge on any atom is 0.263 e. The van der Waals surface area contributed by atoms with Crippen LogP contribution in [0.4, 0.5) is 0 Å². The number of carbonyl (C=O) groups excluding carboxylic acids is 1. The van der Waals surface area contributed by atoms with Crippen LogP contribution >= 0.6 is 11.6 Å². The number of hydrogen-bond acceptors (Lipinski definition) is 2. The summed E-state index contributed by atoms with van der Waals surface area (Å²) in [6.45, 7) is 2.10. The number of benzene rings is 2. The smallest absolute Gasteiger partial charge is 0.263 e. The number of hydrogen-bond donors (Lipinski definition) is 0. The van der Waals surface area contributed by atoms with E-state index in [0.717, 1.165) is 28.8 Å². The highest BCUT2D eigenvalue weighted by Crippen LogP contribution is 2.44. The van der Waals surface area contributed by atoms with Crippen LogP contribution in [-0.4, -0.2) is 10.4 Å². The van der Waals surface area contributed by atoms with Gasteiger partial charge < -0.3 is 0 Å². The van der Waals surface area contributed by atoms with Crippen molar-refractivity contribution >= 4 is 33.7 Å². The Balaban J connectivity index is 1.98. The van der Waals surface area contributed by atoms with Gasteiger partial charge in [-0.2, -0.15) is 0 Å². The van der Waals surface area contributed by atoms with Crippen LogP contribution in [0.2, 0.25) is 5.02 Å². The maximum atomic E-state index is 13.4. The van der Waals surface area contributed by atoms with Gasteiger partial charge in [0.2, 0.25) is 0 Å². The van der Waals surface area contributed by atoms with Gasteiger partial charge in [-0.25, -0.2) is 0 Å². The Kier molecular flexibility index (Phi) is 3.49. The highest BCUT2D eigenvalue weighted by atomic mass is 35.5. The highest BCUT2D eigenvalue weighted by Gasteiger charge is 2.37. The van der Waals surface area contributed by atoms with E-state index in [-0.39, 0.29) is 17.3 Å². The van der Waals surface area contributed by atoms with Gasteiger partial charge in [0.1, 0.15) is 0 Å². The summed E-state index contributed by atoms with van der Waals surface area (Å²) in [5, 5.41) is 1.88. The number of fused-ring (bicyclic) bond motifs is 4. The van der Waals surface area contributed by atoms with Gasteiger partial charge in [0.15, 0.2) is 5.78 Å². The lowest BCUT2D eigenvalue weighted by atomic mass is 9.89. The summed E-state index contributed by atoms with van der Waals surface area (Å²) in [7, 11) is 0. The zero-order chi connectivity index (χ0) is 18.7. The fourth-order valence-electron chi connectivity index (χ4n) is 4.23. The van der Waals surface area contributed by atoms with Crippen molar-refractivity contribution in [1.29, 1.82) is 0 Å². The molecule has 3 nitrogen and oxygen atoms in total. The number of allylic oxidation sites excluding steroid dienone is 4. The molecule has 2 aromatic carbocycles. The molecule has 0 saturated heterocycles. The van der Waals surface area contributed by atoms with Gasteiger partial charge in [0.05, 0.1) is 11.3 Å². The number of aromatic nitrogens is 1. The Hall–Kier alpha value is -2.91. The molecule has 132 valence electrons. The van der Waals surface area contributed by atoms with Crippen molar-refractivity contribution in [2.24, 2.45) is 5.92 Å². The van der Waals surface area contributed by atoms with Crippen LogP contribution in [-0.2, 0) is 0 Å². The van der Waals surface area contributed by atoms with E-state index in [0.29, 0.717) is 21.5 Å². The van der Waals surface area contributed by atoms with Crippen LogP contribution < -0.4 is 5.56 Å². The van der Waals surface area contributed by atoms with Crippen molar-refractivity contribution in [3.05, 3.63) is 92.9 Å². The average molecular weight is 374 g/mol. The summed E-state index contributed by atoms with van der Waals surface area (Å²) < 4.78 is 1.68. The minimum Gasteiger partial charge on any atom is -0.288 e. The molecule has 0 fully saturated rings. The van der Waals surface area contributed by atoms with E-state index in [4.69, 9.17) is 11.6 Å². The SMILES string of the molecule is CC1CC=CC2=C1c1c(c3ccccc3c(=O)n1-c1ccc(Cl)cc1)C2=O. The minimum absolute atomic E-state index is 0.00159. The Bertz CT molecular complexity index is 1250. The summed E-state index contributed by atoms with van der Waals surface area (Å²) in [5.41, 5.74) is 3.64. The average Bonchev–Trinajstić information content (AvgIpc) is 2.98. The number of ketones is 1. The lowest BCUT2D eigenvalue weighted by molar-refractivity contribution is 0.104. The first kappa shape index (κ1) is 16.3. The molecule has 0 bridgehead atoms. The van der Waals surface area contributed by atoms with E-state index in [9.17, 15) is 9.59 Å². The van der Waals surface area contributed by atoms with Crippen molar-refractivity contribution in [2.45, 2.75) is 13.3 Å². The van der Waals surface area contributed by atoms with Gasteiger partial charge in [-0.3, -0.25) is 14.2 Å². The molecule has 27 heavy (non-hydrogen) atoms. The lowest BCUT2D eigenvalue weighted by Crippen LogP contribution is -2.24. The van der Waals surface area contributed by atoms with Crippen molar-refractivity contribution in [1.82, 2.24) is 4.57 Å². The molecule has 2 aliphatic carbocycles. The molecule has 1 atom stereocenters. The molecule has 0 N–H and O–H groups in total. The highest BCUT2D eigenvalue weighted by molar-refractivity contribution is 6.30. The van der Waals surface area contributed by atoms with Crippen molar-refractivity contribution in [2.75, 3.05) is 0 Å². The lowest BCUT2D eigenvalue weighted by Gasteiger charge is -2.21. The second kappa shape index (κ2) is 5.80. The quantitative estimate of drug-likeness (QED) is 0.588. The first-order valence-corrected chi connectivity index (χ1v) is 9.35. The van der Waals surface area contributed by atoms with Gasteiger partial charge in [0, 0.05) is 27.1 Å². The summed E-state index contributed by atoms with van der Waals surface area (Å²) in [4.78, 5) is 26.7. The molecule has 2 aliphatic rings. The van der Waals surface area contributed by atoms with Crippen LogP contribution in [0.15, 0.2) is 71.1 Å². The molecule has 0 radical (unpaired) electrons. The first-order chi connectivity index (χ1) is 13.1. The number of pyridine rings is 1. The molecule has 0 spiro atoms. The first-order valence-electron chi connectivity index (χ1n) is 8.97. The molecule has 1 unspecified atom stereocenters. The topological polar surface area (TPSA) is 39.1 Å². The zero-order valence-electron chi connectivity index (χ0n) is 14.7. The van der Waals surface area contributed by atoms with Gasteiger partial charge in [-0.05, 0) is 48.2 Å². The number of carbonyl (C=O) groups is 1. The number of rotatable bonds is 1. The number of Topliss-reactive ketones (excluding diaryl/α,β-unsaturated/α-hetero) is 1. The van der Waals surface area contributed by atoms with Gasteiger partial charge in [-0.1, -0.05) is 48.9 Å². The molecule has 1 heterocycles. The molecule has 3 aromatic rings. The summed E-state index contributed by atoms with van der Waals surface area (Å²) in [6, 6.07) is 14.5. The van der Waals surface area contributed by atoms with Crippen molar-refractivity contribution < 1.29 is 4.79 Å². The minimum atomic E-state index is -0.116. The molecule has 5 rings (SSSR count). The second-order valence-electron chi connectivity index (χ2n) is 7.08. The monoisotopic (exact) mass is 373 g/mol. The van der Waals surface area contributed by atoms with E-state index in [1.165, 1.54) is 0 Å². The van der Waals surface area contributed by atoms with Crippen molar-refractivity contribution in [3.8, 4) is 5.69 Å². The van der Waals surface area contributed by atoms with E-state index in [2.05, 4.69) is 6.92 Å². The molecule has 0 saturated carbocycles. The van der Waals surface area contributed by atoms with E-state index in [1.807, 2.05) is 42.5 Å². The predicted molar refractivity (Wildman–Crippen MR) is 109 cm³/mol. The van der Waals surface area contributed by atoms with Crippen LogP contribution in [0.25, 0.3) is 22.0 Å². The summed E-state index contributed by atoms with van der Waals surface area (Å²) >= 11 is 6.05. The van der Waals surface area contributed by atoms with Crippen LogP contribution in [0.1, 0.15) is 29.4 Å².